The first-order valence-electron chi connectivity index (χ1n) is 9.16. The molecular weight excluding hydrogens is 397 g/mol. The maximum absolute atomic E-state index is 12.6. The summed E-state index contributed by atoms with van der Waals surface area (Å²) >= 11 is 0. The van der Waals surface area contributed by atoms with E-state index in [-0.39, 0.29) is 47.6 Å². The number of β-lactam (4-membered cyclic amide) rings is 1. The third-order valence-electron chi connectivity index (χ3n) is 5.33. The van der Waals surface area contributed by atoms with Crippen LogP contribution in [0.4, 0.5) is 5.69 Å². The standard InChI is InChI=1S/C21H19N3O5.Na/c1-11(25)17-16-10-15(18(21(28)29)24(16)20(17)27)12-3-2-4-13(9-12)19(26)23-14-5-7-22-8-6-14;/h2-9,11,16-17,25H,10H2,1H3,(H,28,29)(H,22,23,26);/q;+1/p-1. The summed E-state index contributed by atoms with van der Waals surface area (Å²) in [6, 6.07) is 9.44. The molecule has 1 aromatic heterocycles. The SMILES string of the molecule is CC(O)C1C(=O)N2C(C(=O)[O-])=C(c3cccc(C(=O)Nc4ccncc4)c3)CC12.[Na+]. The van der Waals surface area contributed by atoms with Gasteiger partial charge in [-0.1, -0.05) is 12.1 Å². The summed E-state index contributed by atoms with van der Waals surface area (Å²) in [5.41, 5.74) is 1.68. The van der Waals surface area contributed by atoms with Gasteiger partial charge in [0, 0.05) is 23.6 Å². The molecule has 2 aliphatic rings. The van der Waals surface area contributed by atoms with E-state index in [9.17, 15) is 24.6 Å². The number of nitrogens with zero attached hydrogens (tertiary/aromatic N) is 2. The van der Waals surface area contributed by atoms with Crippen molar-refractivity contribution in [2.24, 2.45) is 5.92 Å². The van der Waals surface area contributed by atoms with Crippen LogP contribution in [-0.4, -0.2) is 44.9 Å². The van der Waals surface area contributed by atoms with Gasteiger partial charge in [0.2, 0.25) is 5.91 Å². The van der Waals surface area contributed by atoms with E-state index in [4.69, 9.17) is 0 Å². The van der Waals surface area contributed by atoms with Gasteiger partial charge in [0.25, 0.3) is 5.91 Å². The molecule has 3 heterocycles. The summed E-state index contributed by atoms with van der Waals surface area (Å²) in [5.74, 6) is -2.87. The minimum atomic E-state index is -1.45. The van der Waals surface area contributed by atoms with Gasteiger partial charge < -0.3 is 25.2 Å². The Bertz CT molecular complexity index is 1040. The summed E-state index contributed by atoms with van der Waals surface area (Å²) in [6.45, 7) is 1.51. The first-order valence-corrected chi connectivity index (χ1v) is 9.16. The van der Waals surface area contributed by atoms with Crippen LogP contribution in [0.15, 0.2) is 54.5 Å². The van der Waals surface area contributed by atoms with Crippen LogP contribution in [0.2, 0.25) is 0 Å². The topological polar surface area (TPSA) is 123 Å². The number of fused-ring (bicyclic) bond motifs is 1. The van der Waals surface area contributed by atoms with Crippen LogP contribution in [0.1, 0.15) is 29.3 Å². The Hall–Kier alpha value is -2.52. The third kappa shape index (κ3) is 3.79. The largest absolute Gasteiger partial charge is 1.00 e. The fourth-order valence-corrected chi connectivity index (χ4v) is 4.00. The molecule has 2 aliphatic heterocycles. The molecule has 1 fully saturated rings. The number of anilines is 1. The number of aliphatic carboxylic acids is 1. The number of hydrogen-bond acceptors (Lipinski definition) is 6. The number of carbonyl (C=O) groups is 3. The molecule has 9 heteroatoms. The second-order valence-electron chi connectivity index (χ2n) is 7.13. The molecule has 0 spiro atoms. The first-order chi connectivity index (χ1) is 13.9. The van der Waals surface area contributed by atoms with Gasteiger partial charge in [-0.15, -0.1) is 0 Å². The number of hydrogen-bond donors (Lipinski definition) is 2. The van der Waals surface area contributed by atoms with Crippen molar-refractivity contribution >= 4 is 29.0 Å². The average molecular weight is 415 g/mol. The van der Waals surface area contributed by atoms with Gasteiger partial charge in [-0.25, -0.2) is 0 Å². The van der Waals surface area contributed by atoms with E-state index in [1.807, 2.05) is 0 Å². The Labute approximate surface area is 194 Å². The zero-order valence-electron chi connectivity index (χ0n) is 16.5. The maximum atomic E-state index is 12.6. The Morgan fingerprint density at radius 3 is 2.60 bits per heavy atom. The van der Waals surface area contributed by atoms with Crippen molar-refractivity contribution in [1.29, 1.82) is 0 Å². The van der Waals surface area contributed by atoms with Gasteiger partial charge in [0.1, 0.15) is 0 Å². The number of nitrogens with one attached hydrogen (secondary N) is 1. The molecule has 0 saturated carbocycles. The molecule has 0 aliphatic carbocycles. The number of rotatable bonds is 5. The fourth-order valence-electron chi connectivity index (χ4n) is 4.00. The zero-order chi connectivity index (χ0) is 20.7. The molecule has 1 saturated heterocycles. The van der Waals surface area contributed by atoms with Crippen LogP contribution in [0.5, 0.6) is 0 Å². The number of carbonyl (C=O) groups excluding carboxylic acids is 3. The number of benzene rings is 1. The molecule has 30 heavy (non-hydrogen) atoms. The summed E-state index contributed by atoms with van der Waals surface area (Å²) < 4.78 is 0. The number of pyridine rings is 1. The molecule has 2 amide bonds. The van der Waals surface area contributed by atoms with Gasteiger partial charge in [-0.2, -0.15) is 0 Å². The number of carboxylic acids is 1. The molecule has 2 N–H and O–H groups in total. The van der Waals surface area contributed by atoms with E-state index in [1.54, 1.807) is 48.8 Å². The average Bonchev–Trinajstić information content (AvgIpc) is 3.04. The van der Waals surface area contributed by atoms with Crippen molar-refractivity contribution in [1.82, 2.24) is 9.88 Å². The molecule has 148 valence electrons. The van der Waals surface area contributed by atoms with E-state index < -0.39 is 29.9 Å². The summed E-state index contributed by atoms with van der Waals surface area (Å²) in [6.07, 6.45) is 2.52. The monoisotopic (exact) mass is 415 g/mol. The minimum absolute atomic E-state index is 0. The van der Waals surface area contributed by atoms with Crippen LogP contribution >= 0.6 is 0 Å². The van der Waals surface area contributed by atoms with Crippen LogP contribution < -0.4 is 40.0 Å². The predicted octanol–water partition coefficient (Wildman–Crippen LogP) is -2.59. The molecule has 3 atom stereocenters. The Morgan fingerprint density at radius 1 is 1.27 bits per heavy atom. The van der Waals surface area contributed by atoms with E-state index >= 15 is 0 Å². The zero-order valence-corrected chi connectivity index (χ0v) is 18.5. The number of carboxylic acid groups (broad SMARTS) is 1. The molecule has 3 unspecified atom stereocenters. The second kappa shape index (κ2) is 8.69. The number of amides is 2. The van der Waals surface area contributed by atoms with Crippen molar-refractivity contribution in [3.8, 4) is 0 Å². The molecular formula is C21H18N3NaO5. The maximum Gasteiger partial charge on any atom is 1.00 e. The minimum Gasteiger partial charge on any atom is -0.543 e. The molecule has 0 radical (unpaired) electrons. The molecule has 2 aromatic rings. The Balaban J connectivity index is 0.00000256. The van der Waals surface area contributed by atoms with E-state index in [1.165, 1.54) is 11.8 Å². The van der Waals surface area contributed by atoms with Crippen LogP contribution in [0.3, 0.4) is 0 Å². The van der Waals surface area contributed by atoms with Crippen molar-refractivity contribution in [3.05, 3.63) is 65.6 Å². The van der Waals surface area contributed by atoms with Gasteiger partial charge in [-0.05, 0) is 48.7 Å². The number of aliphatic hydroxyl groups is 1. The van der Waals surface area contributed by atoms with Crippen LogP contribution in [0, 0.1) is 5.92 Å². The molecule has 0 bridgehead atoms. The van der Waals surface area contributed by atoms with Crippen molar-refractivity contribution in [3.63, 3.8) is 0 Å². The van der Waals surface area contributed by atoms with Crippen molar-refractivity contribution in [2.45, 2.75) is 25.5 Å². The van der Waals surface area contributed by atoms with E-state index in [2.05, 4.69) is 10.3 Å². The summed E-state index contributed by atoms with van der Waals surface area (Å²) in [7, 11) is 0. The normalized spacial score (nSPS) is 20.7. The van der Waals surface area contributed by atoms with Gasteiger partial charge in [0.15, 0.2) is 0 Å². The summed E-state index contributed by atoms with van der Waals surface area (Å²) in [5, 5.41) is 24.3. The number of aliphatic hydroxyl groups excluding tert-OH is 1. The van der Waals surface area contributed by atoms with E-state index in [0.29, 0.717) is 22.4 Å². The predicted molar refractivity (Wildman–Crippen MR) is 101 cm³/mol. The van der Waals surface area contributed by atoms with Crippen molar-refractivity contribution < 1.29 is 54.2 Å². The van der Waals surface area contributed by atoms with Crippen molar-refractivity contribution in [2.75, 3.05) is 5.32 Å². The summed E-state index contributed by atoms with van der Waals surface area (Å²) in [4.78, 5) is 41.7. The van der Waals surface area contributed by atoms with E-state index in [0.717, 1.165) is 0 Å². The third-order valence-corrected chi connectivity index (χ3v) is 5.33. The van der Waals surface area contributed by atoms with Gasteiger partial charge >= 0.3 is 29.6 Å². The quantitative estimate of drug-likeness (QED) is 0.408. The molecule has 4 rings (SSSR count). The van der Waals surface area contributed by atoms with Crippen LogP contribution in [0.25, 0.3) is 5.57 Å². The number of aromatic nitrogens is 1. The Kier molecular flexibility index (Phi) is 6.42. The Morgan fingerprint density at radius 2 is 1.97 bits per heavy atom. The van der Waals surface area contributed by atoms with Crippen LogP contribution in [-0.2, 0) is 9.59 Å². The van der Waals surface area contributed by atoms with Gasteiger partial charge in [-0.3, -0.25) is 14.6 Å². The first kappa shape index (κ1) is 22.2. The molecule has 8 nitrogen and oxygen atoms in total. The molecule has 1 aromatic carbocycles. The smallest absolute Gasteiger partial charge is 0.543 e. The fraction of sp³-hybridized carbons (Fsp3) is 0.238. The second-order valence-corrected chi connectivity index (χ2v) is 7.13. The van der Waals surface area contributed by atoms with Gasteiger partial charge in [0.05, 0.1) is 29.7 Å².